The summed E-state index contributed by atoms with van der Waals surface area (Å²) in [5.41, 5.74) is 5.09. The number of aromatic nitrogens is 2. The number of thiazole rings is 2. The molecule has 16 heteroatoms. The van der Waals surface area contributed by atoms with Crippen LogP contribution in [0.2, 0.25) is 0 Å². The molecule has 2 aromatic heterocycles. The molecule has 2 saturated heterocycles. The molecule has 0 saturated carbocycles. The predicted octanol–water partition coefficient (Wildman–Crippen LogP) is 10.6. The van der Waals surface area contributed by atoms with Crippen molar-refractivity contribution in [3.8, 4) is 33.6 Å². The van der Waals surface area contributed by atoms with E-state index in [-0.39, 0.29) is 72.8 Å². The number of rotatable bonds is 18. The first-order valence-electron chi connectivity index (χ1n) is 27.1. The Morgan fingerprint density at radius 3 is 1.44 bits per heavy atom. The number of hydrogen-bond acceptors (Lipinski definition) is 11. The Kier molecular flexibility index (Phi) is 17.9. The first-order valence-corrected chi connectivity index (χ1v) is 28.8. The number of nitrogens with one attached hydrogen (secondary N) is 4. The molecule has 14 nitrogen and oxygen atoms in total. The molecule has 0 radical (unpaired) electrons. The minimum Gasteiger partial charge on any atom is -0.347 e. The van der Waals surface area contributed by atoms with Crippen LogP contribution in [0.15, 0.2) is 120 Å². The molecule has 4 heterocycles. The van der Waals surface area contributed by atoms with E-state index >= 15 is 0 Å². The molecular weight excluding hydrogens is 1020 g/mol. The minimum absolute atomic E-state index is 0.0324. The van der Waals surface area contributed by atoms with Crippen LogP contribution in [0.25, 0.3) is 33.6 Å². The summed E-state index contributed by atoms with van der Waals surface area (Å²) in [6, 6.07) is 31.6. The van der Waals surface area contributed by atoms with Gasteiger partial charge in [-0.3, -0.25) is 28.8 Å². The number of likely N-dealkylation sites (tertiary alicyclic amines) is 2. The molecule has 0 aliphatic carbocycles. The Morgan fingerprint density at radius 1 is 0.603 bits per heavy atom. The maximum Gasteiger partial charge on any atom is 0.251 e. The molecule has 0 bridgehead atoms. The number of benzene rings is 4. The average molecular weight is 1090 g/mol. The van der Waals surface area contributed by atoms with Crippen LogP contribution in [0.1, 0.15) is 131 Å². The van der Waals surface area contributed by atoms with Gasteiger partial charge in [-0.1, -0.05) is 140 Å². The van der Waals surface area contributed by atoms with Crippen molar-refractivity contribution < 1.29 is 28.8 Å². The van der Waals surface area contributed by atoms with Crippen molar-refractivity contribution in [2.45, 2.75) is 124 Å². The number of carbonyl (C=O) groups is 6. The molecule has 4 N–H and O–H groups in total. The van der Waals surface area contributed by atoms with Crippen LogP contribution in [-0.4, -0.2) is 99.4 Å². The van der Waals surface area contributed by atoms with Crippen molar-refractivity contribution in [2.75, 3.05) is 20.1 Å². The molecular formula is C62H74N8O6S2. The summed E-state index contributed by atoms with van der Waals surface area (Å²) in [7, 11) is 1.74. The van der Waals surface area contributed by atoms with Crippen molar-refractivity contribution in [1.82, 2.24) is 41.0 Å². The van der Waals surface area contributed by atoms with E-state index in [1.54, 1.807) is 36.2 Å². The lowest BCUT2D eigenvalue weighted by atomic mass is 9.76. The zero-order chi connectivity index (χ0) is 56.1. The fraction of sp³-hybridized carbons (Fsp3) is 0.419. The van der Waals surface area contributed by atoms with Crippen LogP contribution < -0.4 is 21.3 Å². The van der Waals surface area contributed by atoms with Crippen LogP contribution in [-0.2, 0) is 19.2 Å². The third-order valence-electron chi connectivity index (χ3n) is 15.3. The Balaban J connectivity index is 0.944. The normalized spacial score (nSPS) is 19.2. The molecule has 2 aliphatic rings. The first-order chi connectivity index (χ1) is 37.1. The predicted molar refractivity (Wildman–Crippen MR) is 310 cm³/mol. The molecule has 8 atom stereocenters. The first kappa shape index (κ1) is 57.3. The third kappa shape index (κ3) is 13.3. The van der Waals surface area contributed by atoms with Crippen LogP contribution in [0.5, 0.6) is 0 Å². The Labute approximate surface area is 467 Å². The van der Waals surface area contributed by atoms with Gasteiger partial charge in [-0.25, -0.2) is 9.97 Å². The Bertz CT molecular complexity index is 2870. The molecule has 0 unspecified atom stereocenters. The highest BCUT2D eigenvalue weighted by Gasteiger charge is 2.46. The summed E-state index contributed by atoms with van der Waals surface area (Å²) in [4.78, 5) is 97.5. The van der Waals surface area contributed by atoms with Crippen molar-refractivity contribution in [1.29, 1.82) is 0 Å². The molecule has 2 fully saturated rings. The molecule has 410 valence electrons. The highest BCUT2D eigenvalue weighted by atomic mass is 32.1. The second-order valence-corrected chi connectivity index (χ2v) is 24.8. The van der Waals surface area contributed by atoms with Gasteiger partial charge in [0.15, 0.2) is 0 Å². The number of likely N-dealkylation sites (N-methyl/N-ethyl adjacent to an activating group) is 1. The molecule has 78 heavy (non-hydrogen) atoms. The van der Waals surface area contributed by atoms with Gasteiger partial charge in [0.25, 0.3) is 11.8 Å². The molecule has 8 rings (SSSR count). The van der Waals surface area contributed by atoms with E-state index < -0.39 is 40.9 Å². The molecule has 6 aromatic rings. The summed E-state index contributed by atoms with van der Waals surface area (Å²) in [6.07, 6.45) is 1.65. The second-order valence-electron chi connectivity index (χ2n) is 23.1. The highest BCUT2D eigenvalue weighted by molar-refractivity contribution is 7.10. The number of Topliss-reactive ketones (excluding diaryl/α,β-unsaturated/α-hetero) is 1. The fourth-order valence-corrected chi connectivity index (χ4v) is 12.1. The van der Waals surface area contributed by atoms with Crippen LogP contribution in [0.3, 0.4) is 0 Å². The quantitative estimate of drug-likeness (QED) is 0.0651. The van der Waals surface area contributed by atoms with Crippen molar-refractivity contribution in [3.05, 3.63) is 141 Å². The fourth-order valence-electron chi connectivity index (χ4n) is 10.2. The molecule has 0 spiro atoms. The zero-order valence-corrected chi connectivity index (χ0v) is 48.1. The lowest BCUT2D eigenvalue weighted by Gasteiger charge is -2.36. The summed E-state index contributed by atoms with van der Waals surface area (Å²) in [5.74, 6) is -1.94. The third-order valence-corrected chi connectivity index (χ3v) is 17.2. The number of nitrogens with zero attached hydrogens (tertiary/aromatic N) is 4. The van der Waals surface area contributed by atoms with Crippen molar-refractivity contribution >= 4 is 58.0 Å². The number of hydrogen-bond donors (Lipinski definition) is 4. The number of carbonyl (C=O) groups excluding carboxylic acids is 6. The molecule has 4 aromatic carbocycles. The van der Waals surface area contributed by atoms with Crippen LogP contribution in [0.4, 0.5) is 0 Å². The van der Waals surface area contributed by atoms with Gasteiger partial charge >= 0.3 is 0 Å². The van der Waals surface area contributed by atoms with Gasteiger partial charge in [0, 0.05) is 76.4 Å². The van der Waals surface area contributed by atoms with Gasteiger partial charge in [0.1, 0.15) is 21.8 Å². The SMILES string of the molecule is CC[C@@H](C)C(=O)N[C@H](C(=O)N1C[C@@H](NC(=O)c2ccc(-c3ccc(C(=O)N[C@H]4C[C@@H](c5nc(-c6ccccc6)cs5)N(C(=O)[C@@H](CC(=O)[C@H](C)NC)C(C)(C)C)C4)cc3)cc2)C[C@H]1c1nc(-c2ccccc2)cs1)C(C)(C)C. The zero-order valence-electron chi connectivity index (χ0n) is 46.5. The van der Waals surface area contributed by atoms with Gasteiger partial charge < -0.3 is 31.1 Å². The summed E-state index contributed by atoms with van der Waals surface area (Å²) in [5, 5.41) is 18.0. The monoisotopic (exact) mass is 1090 g/mol. The van der Waals surface area contributed by atoms with Crippen molar-refractivity contribution in [2.24, 2.45) is 22.7 Å². The highest BCUT2D eigenvalue weighted by Crippen LogP contribution is 2.41. The summed E-state index contributed by atoms with van der Waals surface area (Å²) >= 11 is 2.97. The lowest BCUT2D eigenvalue weighted by Crippen LogP contribution is -2.55. The molecule has 2 aliphatic heterocycles. The largest absolute Gasteiger partial charge is 0.347 e. The van der Waals surface area contributed by atoms with Crippen molar-refractivity contribution in [3.63, 3.8) is 0 Å². The second kappa shape index (κ2) is 24.4. The standard InChI is InChI=1S/C62H74N8O6S2/c1-11-37(2)54(72)68-53(62(7,8)9)60(76)70-34-46(31-51(70)58-67-49(36-78-58)42-20-16-13-17-21-42)65-56(74)44-28-24-40(25-29-44)39-22-26-43(27-23-39)55(73)64-45-30-50(57-66-48(35-77-57)41-18-14-12-15-19-41)69(33-45)59(75)47(61(4,5)6)32-52(71)38(3)63-10/h12-29,35-38,45-47,50-51,53,63H,11,30-34H2,1-10H3,(H,64,73)(H,65,74)(H,68,72)/t37-,38+,45+,46+,47-,50+,51+,53-/m1/s1. The average Bonchev–Trinajstić information content (AvgIpc) is 4.36. The topological polar surface area (TPSA) is 183 Å². The Morgan fingerprint density at radius 2 is 1.04 bits per heavy atom. The lowest BCUT2D eigenvalue weighted by molar-refractivity contribution is -0.143. The van der Waals surface area contributed by atoms with E-state index in [1.807, 2.05) is 163 Å². The van der Waals surface area contributed by atoms with E-state index in [9.17, 15) is 28.8 Å². The van der Waals surface area contributed by atoms with E-state index in [2.05, 4.69) is 21.3 Å². The molecule has 5 amide bonds. The van der Waals surface area contributed by atoms with Gasteiger partial charge in [-0.2, -0.15) is 0 Å². The number of ketones is 1. The summed E-state index contributed by atoms with van der Waals surface area (Å²) < 4.78 is 0. The minimum atomic E-state index is -0.795. The van der Waals surface area contributed by atoms with Crippen LogP contribution in [0, 0.1) is 22.7 Å². The smallest absolute Gasteiger partial charge is 0.251 e. The van der Waals surface area contributed by atoms with Gasteiger partial charge in [0.05, 0.1) is 29.5 Å². The van der Waals surface area contributed by atoms with Gasteiger partial charge in [-0.05, 0) is 79.5 Å². The Hall–Kier alpha value is -6.88. The summed E-state index contributed by atoms with van der Waals surface area (Å²) in [6.45, 7) is 17.9. The van der Waals surface area contributed by atoms with Crippen LogP contribution >= 0.6 is 22.7 Å². The van der Waals surface area contributed by atoms with E-state index in [4.69, 9.17) is 9.97 Å². The maximum atomic E-state index is 14.7. The van der Waals surface area contributed by atoms with E-state index in [1.165, 1.54) is 22.7 Å². The number of amides is 5. The maximum absolute atomic E-state index is 14.7. The van der Waals surface area contributed by atoms with E-state index in [0.29, 0.717) is 30.4 Å². The van der Waals surface area contributed by atoms with Gasteiger partial charge in [0.2, 0.25) is 17.7 Å². The van der Waals surface area contributed by atoms with E-state index in [0.717, 1.165) is 43.7 Å². The van der Waals surface area contributed by atoms with Gasteiger partial charge in [-0.15, -0.1) is 22.7 Å².